The Balaban J connectivity index is 1.61. The molecule has 0 aromatic heterocycles. The summed E-state index contributed by atoms with van der Waals surface area (Å²) >= 11 is 0. The number of hydrazone groups is 1. The van der Waals surface area contributed by atoms with Crippen LogP contribution in [-0.4, -0.2) is 43.1 Å². The Kier molecular flexibility index (Phi) is 6.52. The van der Waals surface area contributed by atoms with Crippen molar-refractivity contribution in [2.45, 2.75) is 58.5 Å². The van der Waals surface area contributed by atoms with Crippen molar-refractivity contribution in [2.75, 3.05) is 36.1 Å². The summed E-state index contributed by atoms with van der Waals surface area (Å²) in [4.78, 5) is 15.9. The van der Waals surface area contributed by atoms with Gasteiger partial charge in [0, 0.05) is 36.5 Å². The highest BCUT2D eigenvalue weighted by atomic mass is 19.4. The fourth-order valence-corrected chi connectivity index (χ4v) is 6.31. The molecule has 204 valence electrons. The lowest BCUT2D eigenvalue weighted by atomic mass is 9.86. The lowest BCUT2D eigenvalue weighted by molar-refractivity contribution is -0.137. The predicted octanol–water partition coefficient (Wildman–Crippen LogP) is 6.74. The van der Waals surface area contributed by atoms with Crippen LogP contribution < -0.4 is 9.91 Å². The summed E-state index contributed by atoms with van der Waals surface area (Å²) < 4.78 is 43.7. The number of allylic oxidation sites excluding steroid dienone is 1. The Morgan fingerprint density at radius 1 is 0.897 bits per heavy atom. The molecule has 3 heterocycles. The van der Waals surface area contributed by atoms with E-state index in [4.69, 9.17) is 5.10 Å². The first-order valence-corrected chi connectivity index (χ1v) is 13.8. The molecule has 8 heteroatoms. The molecule has 1 aliphatic carbocycles. The van der Waals surface area contributed by atoms with Gasteiger partial charge >= 0.3 is 6.18 Å². The van der Waals surface area contributed by atoms with Gasteiger partial charge in [-0.2, -0.15) is 18.3 Å². The number of aryl methyl sites for hydroxylation is 2. The van der Waals surface area contributed by atoms with Crippen LogP contribution in [0.1, 0.15) is 60.8 Å². The Morgan fingerprint density at radius 2 is 1.62 bits per heavy atom. The van der Waals surface area contributed by atoms with Gasteiger partial charge in [0.15, 0.2) is 0 Å². The number of hydrogen-bond acceptors (Lipinski definition) is 5. The minimum Gasteiger partial charge on any atom is -0.371 e. The fraction of sp³-hybridized carbons (Fsp3) is 0.419. The van der Waals surface area contributed by atoms with E-state index in [1.165, 1.54) is 6.07 Å². The third-order valence-corrected chi connectivity index (χ3v) is 8.22. The van der Waals surface area contributed by atoms with Gasteiger partial charge < -0.3 is 14.6 Å². The van der Waals surface area contributed by atoms with Crippen molar-refractivity contribution < 1.29 is 18.0 Å². The summed E-state index contributed by atoms with van der Waals surface area (Å²) in [5, 5.41) is 6.63. The van der Waals surface area contributed by atoms with Gasteiger partial charge in [-0.3, -0.25) is 0 Å². The number of nitrogens with zero attached hydrogens (tertiary/aromatic N) is 4. The molecule has 0 atom stereocenters. The minimum absolute atomic E-state index is 0.0488. The Hall–Kier alpha value is -3.55. The lowest BCUT2D eigenvalue weighted by Gasteiger charge is -2.38. The summed E-state index contributed by atoms with van der Waals surface area (Å²) in [6, 6.07) is 10.6. The average Bonchev–Trinajstić information content (AvgIpc) is 3.53. The lowest BCUT2D eigenvalue weighted by Crippen LogP contribution is -2.35. The maximum Gasteiger partial charge on any atom is 0.418 e. The zero-order chi connectivity index (χ0) is 27.3. The van der Waals surface area contributed by atoms with Crippen LogP contribution in [0.5, 0.6) is 0 Å². The van der Waals surface area contributed by atoms with E-state index < -0.39 is 11.7 Å². The van der Waals surface area contributed by atoms with Crippen molar-refractivity contribution in [3.05, 3.63) is 81.2 Å². The van der Waals surface area contributed by atoms with Crippen molar-refractivity contribution in [1.82, 2.24) is 4.90 Å². The largest absolute Gasteiger partial charge is 0.418 e. The van der Waals surface area contributed by atoms with E-state index in [1.54, 1.807) is 17.1 Å². The molecule has 0 spiro atoms. The van der Waals surface area contributed by atoms with Crippen LogP contribution >= 0.6 is 0 Å². The average molecular weight is 535 g/mol. The number of anilines is 2. The van der Waals surface area contributed by atoms with Gasteiger partial charge in [0.2, 0.25) is 0 Å². The standard InChI is InChI=1S/C31H33F3N4O/c1-20-16-21(2)18-23(17-20)28-25-10-13-37(14-15-39)30(25)29(22-6-5-7-22)38(35-28)27-19-24(36-11-3-4-12-36)8-9-26(27)31(32,33)34/h8-9,15-19H,3-7,10-14H2,1-2H3. The molecule has 3 aliphatic heterocycles. The molecular formula is C31H33F3N4O. The smallest absolute Gasteiger partial charge is 0.371 e. The molecule has 39 heavy (non-hydrogen) atoms. The quantitative estimate of drug-likeness (QED) is 0.398. The number of carbonyl (C=O) groups is 1. The van der Waals surface area contributed by atoms with Crippen molar-refractivity contribution in [2.24, 2.45) is 5.10 Å². The number of carbonyl (C=O) groups excluding carboxylic acids is 1. The van der Waals surface area contributed by atoms with Gasteiger partial charge in [-0.1, -0.05) is 17.2 Å². The van der Waals surface area contributed by atoms with Crippen molar-refractivity contribution in [3.8, 4) is 0 Å². The first-order valence-electron chi connectivity index (χ1n) is 13.8. The molecule has 0 amide bonds. The molecule has 1 saturated carbocycles. The normalized spacial score (nSPS) is 19.5. The third kappa shape index (κ3) is 4.64. The van der Waals surface area contributed by atoms with Gasteiger partial charge in [-0.15, -0.1) is 0 Å². The van der Waals surface area contributed by atoms with Gasteiger partial charge in [0.25, 0.3) is 0 Å². The summed E-state index contributed by atoms with van der Waals surface area (Å²) in [5.74, 6) is 0. The monoisotopic (exact) mass is 534 g/mol. The van der Waals surface area contributed by atoms with Crippen molar-refractivity contribution >= 4 is 23.4 Å². The third-order valence-electron chi connectivity index (χ3n) is 8.22. The van der Waals surface area contributed by atoms with Crippen LogP contribution in [0.2, 0.25) is 0 Å². The SMILES string of the molecule is Cc1cc(C)cc(C2=NN(c3cc(N4CCCC4)ccc3C(F)(F)F)C(=C3CCC3)C3=C2CCN3CC=O)c1. The maximum absolute atomic E-state index is 14.6. The van der Waals surface area contributed by atoms with Crippen LogP contribution in [0.15, 0.2) is 64.0 Å². The van der Waals surface area contributed by atoms with E-state index in [-0.39, 0.29) is 12.2 Å². The highest BCUT2D eigenvalue weighted by molar-refractivity contribution is 6.15. The second-order valence-electron chi connectivity index (χ2n) is 11.0. The minimum atomic E-state index is -4.54. The van der Waals surface area contributed by atoms with Gasteiger partial charge in [-0.25, -0.2) is 5.01 Å². The number of aldehydes is 1. The zero-order valence-electron chi connectivity index (χ0n) is 22.4. The second-order valence-corrected chi connectivity index (χ2v) is 11.0. The van der Waals surface area contributed by atoms with E-state index in [9.17, 15) is 18.0 Å². The van der Waals surface area contributed by atoms with E-state index >= 15 is 0 Å². The number of alkyl halides is 3. The Bertz CT molecular complexity index is 1390. The number of hydrogen-bond donors (Lipinski definition) is 0. The highest BCUT2D eigenvalue weighted by Crippen LogP contribution is 2.48. The van der Waals surface area contributed by atoms with Crippen LogP contribution in [-0.2, 0) is 11.0 Å². The zero-order valence-corrected chi connectivity index (χ0v) is 22.4. The summed E-state index contributed by atoms with van der Waals surface area (Å²) in [7, 11) is 0. The highest BCUT2D eigenvalue weighted by Gasteiger charge is 2.42. The van der Waals surface area contributed by atoms with E-state index in [0.717, 1.165) is 96.4 Å². The maximum atomic E-state index is 14.6. The molecule has 5 nitrogen and oxygen atoms in total. The van der Waals surface area contributed by atoms with E-state index in [1.807, 2.05) is 30.9 Å². The fourth-order valence-electron chi connectivity index (χ4n) is 6.31. The van der Waals surface area contributed by atoms with Crippen molar-refractivity contribution in [1.29, 1.82) is 0 Å². The molecule has 4 aliphatic rings. The Morgan fingerprint density at radius 3 is 2.23 bits per heavy atom. The summed E-state index contributed by atoms with van der Waals surface area (Å²) in [6.07, 6.45) is 1.72. The van der Waals surface area contributed by atoms with Crippen LogP contribution in [0.25, 0.3) is 0 Å². The first-order chi connectivity index (χ1) is 18.7. The summed E-state index contributed by atoms with van der Waals surface area (Å²) in [6.45, 7) is 6.53. The molecule has 0 radical (unpaired) electrons. The van der Waals surface area contributed by atoms with E-state index in [0.29, 0.717) is 18.7 Å². The van der Waals surface area contributed by atoms with E-state index in [2.05, 4.69) is 11.0 Å². The Labute approximate surface area is 227 Å². The number of benzene rings is 2. The van der Waals surface area contributed by atoms with Gasteiger partial charge in [0.05, 0.1) is 34.9 Å². The van der Waals surface area contributed by atoms with Gasteiger partial charge in [-0.05, 0) is 88.3 Å². The molecule has 0 N–H and O–H groups in total. The molecule has 2 fully saturated rings. The van der Waals surface area contributed by atoms with Crippen LogP contribution in [0.3, 0.4) is 0 Å². The molecule has 6 rings (SSSR count). The van der Waals surface area contributed by atoms with Crippen LogP contribution in [0, 0.1) is 13.8 Å². The topological polar surface area (TPSA) is 39.1 Å². The molecule has 0 bridgehead atoms. The predicted molar refractivity (Wildman–Crippen MR) is 148 cm³/mol. The van der Waals surface area contributed by atoms with Crippen molar-refractivity contribution in [3.63, 3.8) is 0 Å². The first kappa shape index (κ1) is 25.7. The second kappa shape index (κ2) is 9.88. The molecular weight excluding hydrogens is 501 g/mol. The molecule has 0 unspecified atom stereocenters. The molecule has 2 aromatic rings. The molecule has 1 saturated heterocycles. The molecule has 2 aromatic carbocycles. The van der Waals surface area contributed by atoms with Gasteiger partial charge in [0.1, 0.15) is 6.29 Å². The summed E-state index contributed by atoms with van der Waals surface area (Å²) in [5.41, 5.74) is 7.55. The number of rotatable bonds is 5. The van der Waals surface area contributed by atoms with Crippen LogP contribution in [0.4, 0.5) is 24.5 Å². The number of halogens is 3.